The van der Waals surface area contributed by atoms with Crippen LogP contribution in [0, 0.1) is 0 Å². The fourth-order valence-electron chi connectivity index (χ4n) is 3.67. The van der Waals surface area contributed by atoms with E-state index in [0.717, 1.165) is 17.4 Å². The molecule has 23 heavy (non-hydrogen) atoms. The predicted molar refractivity (Wildman–Crippen MR) is 99.8 cm³/mol. The van der Waals surface area contributed by atoms with Gasteiger partial charge >= 0.3 is 0 Å². The van der Waals surface area contributed by atoms with Gasteiger partial charge in [0, 0.05) is 27.1 Å². The summed E-state index contributed by atoms with van der Waals surface area (Å²) in [5, 5.41) is 5.14. The number of H-pyrrole nitrogens is 1. The Morgan fingerprint density at radius 2 is 2.00 bits per heavy atom. The van der Waals surface area contributed by atoms with Gasteiger partial charge in [-0.15, -0.1) is 0 Å². The maximum absolute atomic E-state index is 3.76. The topological polar surface area (TPSA) is 27.8 Å². The van der Waals surface area contributed by atoms with Crippen molar-refractivity contribution < 1.29 is 0 Å². The zero-order valence-corrected chi connectivity index (χ0v) is 14.7. The fourth-order valence-corrected chi connectivity index (χ4v) is 4.04. The smallest absolute Gasteiger partial charge is 0.0476 e. The molecule has 0 saturated heterocycles. The van der Waals surface area contributed by atoms with Crippen molar-refractivity contribution >= 4 is 26.8 Å². The second kappa shape index (κ2) is 6.50. The second-order valence-electron chi connectivity index (χ2n) is 6.34. The summed E-state index contributed by atoms with van der Waals surface area (Å²) >= 11 is 3.60. The molecule has 4 rings (SSSR count). The number of halogens is 1. The van der Waals surface area contributed by atoms with Gasteiger partial charge in [0.25, 0.3) is 0 Å². The largest absolute Gasteiger partial charge is 0.357 e. The van der Waals surface area contributed by atoms with Crippen molar-refractivity contribution in [2.45, 2.75) is 31.7 Å². The van der Waals surface area contributed by atoms with E-state index in [2.05, 4.69) is 74.8 Å². The number of aromatic nitrogens is 1. The molecule has 2 N–H and O–H groups in total. The minimum atomic E-state index is 0.452. The van der Waals surface area contributed by atoms with E-state index in [9.17, 15) is 0 Å². The lowest BCUT2D eigenvalue weighted by Crippen LogP contribution is -2.27. The Bertz CT molecular complexity index is 807. The highest BCUT2D eigenvalue weighted by atomic mass is 79.9. The van der Waals surface area contributed by atoms with Crippen molar-refractivity contribution in [3.05, 3.63) is 69.8 Å². The molecule has 3 aromatic rings. The van der Waals surface area contributed by atoms with Crippen molar-refractivity contribution in [1.29, 1.82) is 0 Å². The Balaban J connectivity index is 1.52. The summed E-state index contributed by atoms with van der Waals surface area (Å²) in [6.45, 7) is 1.02. The Morgan fingerprint density at radius 3 is 2.87 bits per heavy atom. The number of aryl methyl sites for hydroxylation is 1. The molecule has 1 aliphatic carbocycles. The molecule has 1 aliphatic rings. The number of rotatable bonds is 4. The van der Waals surface area contributed by atoms with Crippen LogP contribution in [0.5, 0.6) is 0 Å². The average Bonchev–Trinajstić information content (AvgIpc) is 2.95. The quantitative estimate of drug-likeness (QED) is 0.655. The molecular formula is C20H21BrN2. The monoisotopic (exact) mass is 368 g/mol. The lowest BCUT2D eigenvalue weighted by atomic mass is 9.91. The minimum absolute atomic E-state index is 0.452. The first-order chi connectivity index (χ1) is 11.3. The molecule has 0 fully saturated rings. The Kier molecular flexibility index (Phi) is 4.23. The van der Waals surface area contributed by atoms with Crippen molar-refractivity contribution in [1.82, 2.24) is 10.3 Å². The van der Waals surface area contributed by atoms with E-state index >= 15 is 0 Å². The summed E-state index contributed by atoms with van der Waals surface area (Å²) in [5.41, 5.74) is 5.56. The van der Waals surface area contributed by atoms with E-state index in [0.29, 0.717) is 6.04 Å². The lowest BCUT2D eigenvalue weighted by molar-refractivity contribution is 0.456. The molecule has 2 nitrogen and oxygen atoms in total. The summed E-state index contributed by atoms with van der Waals surface area (Å²) in [6, 6.07) is 17.7. The summed E-state index contributed by atoms with van der Waals surface area (Å²) in [4.78, 5) is 3.66. The summed E-state index contributed by atoms with van der Waals surface area (Å²) in [7, 11) is 0. The first-order valence-electron chi connectivity index (χ1n) is 8.38. The van der Waals surface area contributed by atoms with Crippen LogP contribution in [0.25, 0.3) is 10.9 Å². The SMILES string of the molecule is Brc1ccc2[nH]c3c(c2c1)CCCC3NCCc1ccccc1. The molecule has 0 bridgehead atoms. The van der Waals surface area contributed by atoms with Crippen molar-refractivity contribution in [3.63, 3.8) is 0 Å². The molecule has 1 unspecified atom stereocenters. The average molecular weight is 369 g/mol. The summed E-state index contributed by atoms with van der Waals surface area (Å²) in [5.74, 6) is 0. The van der Waals surface area contributed by atoms with Crippen LogP contribution in [-0.4, -0.2) is 11.5 Å². The highest BCUT2D eigenvalue weighted by Gasteiger charge is 2.23. The summed E-state index contributed by atoms with van der Waals surface area (Å²) < 4.78 is 1.16. The molecule has 0 radical (unpaired) electrons. The number of aromatic amines is 1. The van der Waals surface area contributed by atoms with Crippen LogP contribution in [0.1, 0.15) is 35.7 Å². The Morgan fingerprint density at radius 1 is 1.13 bits per heavy atom. The number of hydrogen-bond donors (Lipinski definition) is 2. The molecule has 1 atom stereocenters. The third-order valence-electron chi connectivity index (χ3n) is 4.82. The van der Waals surface area contributed by atoms with Gasteiger partial charge in [0.05, 0.1) is 0 Å². The molecule has 0 aliphatic heterocycles. The fraction of sp³-hybridized carbons (Fsp3) is 0.300. The van der Waals surface area contributed by atoms with Crippen LogP contribution in [0.2, 0.25) is 0 Å². The standard InChI is InChI=1S/C20H21BrN2/c21-15-9-10-18-17(13-15)16-7-4-8-19(20(16)23-18)22-12-11-14-5-2-1-3-6-14/h1-3,5-6,9-10,13,19,22-23H,4,7-8,11-12H2. The van der Waals surface area contributed by atoms with Gasteiger partial charge in [-0.2, -0.15) is 0 Å². The van der Waals surface area contributed by atoms with E-state index in [1.807, 2.05) is 0 Å². The molecular weight excluding hydrogens is 348 g/mol. The molecule has 1 aromatic heterocycles. The molecule has 2 aromatic carbocycles. The molecule has 0 spiro atoms. The van der Waals surface area contributed by atoms with Crippen LogP contribution in [0.4, 0.5) is 0 Å². The zero-order chi connectivity index (χ0) is 15.6. The van der Waals surface area contributed by atoms with E-state index in [-0.39, 0.29) is 0 Å². The minimum Gasteiger partial charge on any atom is -0.357 e. The normalized spacial score (nSPS) is 17.3. The Labute approximate surface area is 145 Å². The van der Waals surface area contributed by atoms with Gasteiger partial charge in [-0.1, -0.05) is 46.3 Å². The predicted octanol–water partition coefficient (Wildman–Crippen LogP) is 5.14. The maximum Gasteiger partial charge on any atom is 0.0476 e. The van der Waals surface area contributed by atoms with E-state index < -0.39 is 0 Å². The van der Waals surface area contributed by atoms with Crippen LogP contribution >= 0.6 is 15.9 Å². The second-order valence-corrected chi connectivity index (χ2v) is 7.26. The van der Waals surface area contributed by atoms with Crippen LogP contribution in [0.15, 0.2) is 53.0 Å². The number of fused-ring (bicyclic) bond motifs is 3. The van der Waals surface area contributed by atoms with E-state index in [1.54, 1.807) is 0 Å². The molecule has 118 valence electrons. The maximum atomic E-state index is 3.76. The van der Waals surface area contributed by atoms with Crippen molar-refractivity contribution in [2.24, 2.45) is 0 Å². The van der Waals surface area contributed by atoms with Crippen LogP contribution < -0.4 is 5.32 Å². The van der Waals surface area contributed by atoms with E-state index in [4.69, 9.17) is 0 Å². The molecule has 0 saturated carbocycles. The van der Waals surface area contributed by atoms with Crippen LogP contribution in [-0.2, 0) is 12.8 Å². The first-order valence-corrected chi connectivity index (χ1v) is 9.18. The highest BCUT2D eigenvalue weighted by Crippen LogP contribution is 2.35. The number of benzene rings is 2. The van der Waals surface area contributed by atoms with Gasteiger partial charge < -0.3 is 10.3 Å². The van der Waals surface area contributed by atoms with Crippen molar-refractivity contribution in [2.75, 3.05) is 6.54 Å². The van der Waals surface area contributed by atoms with E-state index in [1.165, 1.54) is 47.0 Å². The van der Waals surface area contributed by atoms with Gasteiger partial charge in [-0.3, -0.25) is 0 Å². The lowest BCUT2D eigenvalue weighted by Gasteiger charge is -2.24. The summed E-state index contributed by atoms with van der Waals surface area (Å²) in [6.07, 6.45) is 4.74. The third-order valence-corrected chi connectivity index (χ3v) is 5.31. The zero-order valence-electron chi connectivity index (χ0n) is 13.1. The first kappa shape index (κ1) is 15.0. The van der Waals surface area contributed by atoms with Crippen molar-refractivity contribution in [3.8, 4) is 0 Å². The van der Waals surface area contributed by atoms with Gasteiger partial charge in [0.15, 0.2) is 0 Å². The third kappa shape index (κ3) is 3.08. The Hall–Kier alpha value is -1.58. The molecule has 3 heteroatoms. The van der Waals surface area contributed by atoms with Gasteiger partial charge in [-0.25, -0.2) is 0 Å². The van der Waals surface area contributed by atoms with Crippen LogP contribution in [0.3, 0.4) is 0 Å². The number of hydrogen-bond acceptors (Lipinski definition) is 1. The molecule has 0 amide bonds. The van der Waals surface area contributed by atoms with Gasteiger partial charge in [0.1, 0.15) is 0 Å². The highest BCUT2D eigenvalue weighted by molar-refractivity contribution is 9.10. The molecule has 1 heterocycles. The van der Waals surface area contributed by atoms with Gasteiger partial charge in [-0.05, 0) is 61.6 Å². The number of nitrogens with one attached hydrogen (secondary N) is 2. The van der Waals surface area contributed by atoms with Gasteiger partial charge in [0.2, 0.25) is 0 Å².